The lowest BCUT2D eigenvalue weighted by atomic mass is 10.00. The lowest BCUT2D eigenvalue weighted by Crippen LogP contribution is -2.50. The molecule has 0 aliphatic carbocycles. The number of carbonyl (C=O) groups is 1. The Hall–Kier alpha value is -0.730. The van der Waals surface area contributed by atoms with Crippen molar-refractivity contribution in [1.82, 2.24) is 4.90 Å². The molecule has 1 atom stereocenters. The minimum atomic E-state index is -0.327. The van der Waals surface area contributed by atoms with Crippen molar-refractivity contribution in [2.24, 2.45) is 0 Å². The minimum Gasteiger partial charge on any atom is -0.348 e. The van der Waals surface area contributed by atoms with Crippen molar-refractivity contribution in [3.8, 4) is 0 Å². The highest BCUT2D eigenvalue weighted by atomic mass is 127. The number of amides is 1. The number of carbonyl (C=O) groups excluding carboxylic acids is 1. The number of likely N-dealkylation sites (tertiary alicyclic amines) is 1. The van der Waals surface area contributed by atoms with Gasteiger partial charge >= 0.3 is 0 Å². The molecule has 0 bridgehead atoms. The van der Waals surface area contributed by atoms with E-state index in [1.54, 1.807) is 6.07 Å². The Bertz CT molecular complexity index is 534. The summed E-state index contributed by atoms with van der Waals surface area (Å²) >= 11 is 2.00. The number of hydrogen-bond donors (Lipinski definition) is 0. The smallest absolute Gasteiger partial charge is 0.255 e. The van der Waals surface area contributed by atoms with Gasteiger partial charge in [0, 0.05) is 10.1 Å². The molecular formula is C15H17FINO3. The predicted octanol–water partition coefficient (Wildman–Crippen LogP) is 2.80. The number of halogens is 2. The average molecular weight is 405 g/mol. The van der Waals surface area contributed by atoms with Crippen LogP contribution in [0.4, 0.5) is 4.39 Å². The summed E-state index contributed by atoms with van der Waals surface area (Å²) in [5, 5.41) is 0. The molecule has 2 heterocycles. The Morgan fingerprint density at radius 2 is 2.05 bits per heavy atom. The summed E-state index contributed by atoms with van der Waals surface area (Å²) in [6, 6.07) is 4.22. The summed E-state index contributed by atoms with van der Waals surface area (Å²) in [7, 11) is 0. The molecule has 2 fully saturated rings. The molecule has 2 saturated heterocycles. The second-order valence-corrected chi connectivity index (χ2v) is 6.46. The maximum Gasteiger partial charge on any atom is 0.255 e. The molecule has 114 valence electrons. The lowest BCUT2D eigenvalue weighted by molar-refractivity contribution is -0.100. The Labute approximate surface area is 136 Å². The summed E-state index contributed by atoms with van der Waals surface area (Å²) in [5.41, 5.74) is 0.543. The Morgan fingerprint density at radius 3 is 2.76 bits per heavy atom. The van der Waals surface area contributed by atoms with E-state index in [9.17, 15) is 9.18 Å². The van der Waals surface area contributed by atoms with Crippen LogP contribution in [0.1, 0.15) is 29.6 Å². The first-order valence-corrected chi connectivity index (χ1v) is 8.24. The van der Waals surface area contributed by atoms with Gasteiger partial charge in [0.15, 0.2) is 6.29 Å². The number of benzene rings is 1. The van der Waals surface area contributed by atoms with Crippen LogP contribution in [-0.4, -0.2) is 42.9 Å². The van der Waals surface area contributed by atoms with Crippen LogP contribution in [0.3, 0.4) is 0 Å². The van der Waals surface area contributed by atoms with E-state index in [1.165, 1.54) is 12.1 Å². The third kappa shape index (κ3) is 3.22. The van der Waals surface area contributed by atoms with Crippen molar-refractivity contribution >= 4 is 28.5 Å². The first-order valence-electron chi connectivity index (χ1n) is 7.16. The van der Waals surface area contributed by atoms with Crippen LogP contribution in [0.15, 0.2) is 18.2 Å². The van der Waals surface area contributed by atoms with Crippen LogP contribution in [0.5, 0.6) is 0 Å². The molecule has 21 heavy (non-hydrogen) atoms. The first-order chi connectivity index (χ1) is 10.2. The van der Waals surface area contributed by atoms with Crippen molar-refractivity contribution in [1.29, 1.82) is 0 Å². The quantitative estimate of drug-likeness (QED) is 0.711. The zero-order valence-corrected chi connectivity index (χ0v) is 13.7. The zero-order chi connectivity index (χ0) is 14.8. The molecule has 2 aliphatic heterocycles. The van der Waals surface area contributed by atoms with Gasteiger partial charge in [-0.1, -0.05) is 0 Å². The summed E-state index contributed by atoms with van der Waals surface area (Å²) in [6.45, 7) is 1.86. The summed E-state index contributed by atoms with van der Waals surface area (Å²) in [6.07, 6.45) is 2.60. The average Bonchev–Trinajstić information content (AvgIpc) is 3.01. The van der Waals surface area contributed by atoms with Gasteiger partial charge in [-0.3, -0.25) is 4.79 Å². The van der Waals surface area contributed by atoms with Gasteiger partial charge in [0.05, 0.1) is 24.8 Å². The fourth-order valence-electron chi connectivity index (χ4n) is 2.91. The third-order valence-corrected chi connectivity index (χ3v) is 4.83. The number of hydrogen-bond acceptors (Lipinski definition) is 3. The van der Waals surface area contributed by atoms with Crippen LogP contribution in [0.2, 0.25) is 0 Å². The highest BCUT2D eigenvalue weighted by Crippen LogP contribution is 2.27. The fourth-order valence-corrected chi connectivity index (χ4v) is 3.62. The van der Waals surface area contributed by atoms with E-state index in [-0.39, 0.29) is 24.1 Å². The summed E-state index contributed by atoms with van der Waals surface area (Å²) < 4.78 is 25.0. The molecular weight excluding hydrogens is 388 g/mol. The molecule has 4 nitrogen and oxygen atoms in total. The zero-order valence-electron chi connectivity index (χ0n) is 11.6. The number of piperidine rings is 1. The molecule has 6 heteroatoms. The van der Waals surface area contributed by atoms with Gasteiger partial charge in [-0.25, -0.2) is 4.39 Å². The molecule has 0 N–H and O–H groups in total. The second kappa shape index (κ2) is 6.58. The molecule has 0 saturated carbocycles. The van der Waals surface area contributed by atoms with E-state index < -0.39 is 0 Å². The summed E-state index contributed by atoms with van der Waals surface area (Å²) in [5.74, 6) is -0.392. The van der Waals surface area contributed by atoms with Gasteiger partial charge < -0.3 is 14.4 Å². The molecule has 1 aromatic rings. The number of nitrogens with zero attached hydrogens (tertiary/aromatic N) is 1. The first kappa shape index (κ1) is 15.2. The normalized spacial score (nSPS) is 23.5. The molecule has 0 spiro atoms. The monoisotopic (exact) mass is 405 g/mol. The summed E-state index contributed by atoms with van der Waals surface area (Å²) in [4.78, 5) is 14.6. The molecule has 2 aliphatic rings. The van der Waals surface area contributed by atoms with Crippen LogP contribution in [-0.2, 0) is 9.47 Å². The molecule has 3 rings (SSSR count). The van der Waals surface area contributed by atoms with Gasteiger partial charge in [-0.15, -0.1) is 0 Å². The maximum atomic E-state index is 13.2. The van der Waals surface area contributed by atoms with Crippen molar-refractivity contribution in [2.45, 2.75) is 31.6 Å². The predicted molar refractivity (Wildman–Crippen MR) is 83.5 cm³/mol. The van der Waals surface area contributed by atoms with Crippen molar-refractivity contribution in [2.75, 3.05) is 19.8 Å². The van der Waals surface area contributed by atoms with Gasteiger partial charge in [-0.2, -0.15) is 0 Å². The molecule has 1 unspecified atom stereocenters. The SMILES string of the molecule is O=C(c1ccc(F)cc1I)N1CCCCC1C1OCCO1. The van der Waals surface area contributed by atoms with Crippen molar-refractivity contribution in [3.05, 3.63) is 33.1 Å². The van der Waals surface area contributed by atoms with Crippen LogP contribution in [0.25, 0.3) is 0 Å². The van der Waals surface area contributed by atoms with Crippen LogP contribution >= 0.6 is 22.6 Å². The van der Waals surface area contributed by atoms with E-state index in [1.807, 2.05) is 27.5 Å². The largest absolute Gasteiger partial charge is 0.348 e. The van der Waals surface area contributed by atoms with Crippen LogP contribution in [0, 0.1) is 9.39 Å². The molecule has 1 aromatic carbocycles. The van der Waals surface area contributed by atoms with E-state index in [2.05, 4.69) is 0 Å². The fraction of sp³-hybridized carbons (Fsp3) is 0.533. The Kier molecular flexibility index (Phi) is 4.75. The van der Waals surface area contributed by atoms with Gasteiger partial charge in [-0.05, 0) is 60.1 Å². The second-order valence-electron chi connectivity index (χ2n) is 5.30. The van der Waals surface area contributed by atoms with Gasteiger partial charge in [0.25, 0.3) is 5.91 Å². The van der Waals surface area contributed by atoms with Gasteiger partial charge in [0.1, 0.15) is 5.82 Å². The van der Waals surface area contributed by atoms with Crippen LogP contribution < -0.4 is 0 Å². The highest BCUT2D eigenvalue weighted by molar-refractivity contribution is 14.1. The minimum absolute atomic E-state index is 0.0467. The number of rotatable bonds is 2. The topological polar surface area (TPSA) is 38.8 Å². The van der Waals surface area contributed by atoms with E-state index >= 15 is 0 Å². The lowest BCUT2D eigenvalue weighted by Gasteiger charge is -2.38. The molecule has 0 radical (unpaired) electrons. The Balaban J connectivity index is 1.83. The standard InChI is InChI=1S/C15H17FINO3/c16-10-4-5-11(12(17)9-10)14(19)18-6-2-1-3-13(18)15-20-7-8-21-15/h4-5,9,13,15H,1-3,6-8H2. The van der Waals surface area contributed by atoms with Crippen molar-refractivity contribution < 1.29 is 18.7 Å². The number of ether oxygens (including phenoxy) is 2. The third-order valence-electron chi connectivity index (χ3n) is 3.93. The maximum absolute atomic E-state index is 13.2. The van der Waals surface area contributed by atoms with E-state index in [0.717, 1.165) is 19.3 Å². The van der Waals surface area contributed by atoms with Crippen molar-refractivity contribution in [3.63, 3.8) is 0 Å². The van der Waals surface area contributed by atoms with E-state index in [4.69, 9.17) is 9.47 Å². The van der Waals surface area contributed by atoms with Gasteiger partial charge in [0.2, 0.25) is 0 Å². The van der Waals surface area contributed by atoms with E-state index in [0.29, 0.717) is 28.9 Å². The molecule has 1 amide bonds. The molecule has 0 aromatic heterocycles. The highest BCUT2D eigenvalue weighted by Gasteiger charge is 2.36. The Morgan fingerprint density at radius 1 is 1.29 bits per heavy atom.